The first-order chi connectivity index (χ1) is 16.9. The second-order valence-corrected chi connectivity index (χ2v) is 10.1. The minimum absolute atomic E-state index is 0.360. The van der Waals surface area contributed by atoms with Gasteiger partial charge in [-0.2, -0.15) is 5.26 Å². The normalized spacial score (nSPS) is 25.5. The molecule has 1 aromatic heterocycles. The first-order valence-electron chi connectivity index (χ1n) is 11.3. The van der Waals surface area contributed by atoms with Crippen LogP contribution in [0.25, 0.3) is 10.9 Å². The summed E-state index contributed by atoms with van der Waals surface area (Å²) in [5.41, 5.74) is 0.0922. The van der Waals surface area contributed by atoms with Gasteiger partial charge in [-0.15, -0.1) is 0 Å². The van der Waals surface area contributed by atoms with Gasteiger partial charge in [-0.05, 0) is 36.9 Å². The van der Waals surface area contributed by atoms with Crippen LogP contribution in [0.4, 0.5) is 5.69 Å². The average Bonchev–Trinajstić information content (AvgIpc) is 3.52. The van der Waals surface area contributed by atoms with Crippen LogP contribution in [0.15, 0.2) is 83.5 Å². The van der Waals surface area contributed by atoms with Gasteiger partial charge >= 0.3 is 0 Å². The van der Waals surface area contributed by atoms with Gasteiger partial charge in [0.1, 0.15) is 0 Å². The number of carbonyl (C=O) groups is 2. The number of rotatable bonds is 3. The molecule has 4 aromatic rings. The quantitative estimate of drug-likeness (QED) is 0.360. The van der Waals surface area contributed by atoms with E-state index < -0.39 is 16.9 Å². The molecule has 1 spiro atoms. The predicted octanol–water partition coefficient (Wildman–Crippen LogP) is 5.20. The van der Waals surface area contributed by atoms with E-state index in [0.29, 0.717) is 23.4 Å². The van der Waals surface area contributed by atoms with Crippen molar-refractivity contribution in [2.24, 2.45) is 5.41 Å². The topological polar surface area (TPSA) is 89.0 Å². The Balaban J connectivity index is 1.70. The van der Waals surface area contributed by atoms with E-state index in [1.54, 1.807) is 6.20 Å². The van der Waals surface area contributed by atoms with E-state index in [1.807, 2.05) is 84.7 Å². The van der Waals surface area contributed by atoms with Crippen molar-refractivity contribution < 1.29 is 9.59 Å². The molecule has 2 N–H and O–H groups in total. The fourth-order valence-electron chi connectivity index (χ4n) is 6.18. The van der Waals surface area contributed by atoms with Gasteiger partial charge < -0.3 is 10.3 Å². The highest BCUT2D eigenvalue weighted by molar-refractivity contribution is 9.10. The molecule has 7 heteroatoms. The summed E-state index contributed by atoms with van der Waals surface area (Å²) in [5, 5.41) is 14.8. The molecule has 0 bridgehead atoms. The number of aromatic amines is 1. The van der Waals surface area contributed by atoms with E-state index in [0.717, 1.165) is 20.9 Å². The number of likely N-dealkylation sites (N-methyl/N-ethyl adjacent to an activating group) is 1. The Morgan fingerprint density at radius 2 is 1.86 bits per heavy atom. The van der Waals surface area contributed by atoms with Crippen molar-refractivity contribution in [1.29, 1.82) is 5.26 Å². The fourth-order valence-corrected chi connectivity index (χ4v) is 6.54. The molecule has 35 heavy (non-hydrogen) atoms. The summed E-state index contributed by atoms with van der Waals surface area (Å²) in [6.45, 7) is 0.366. The van der Waals surface area contributed by atoms with Crippen LogP contribution < -0.4 is 5.32 Å². The number of hydrogen-bond donors (Lipinski definition) is 2. The van der Waals surface area contributed by atoms with E-state index in [4.69, 9.17) is 0 Å². The number of likely N-dealkylation sites (tertiary alicyclic amines) is 1. The number of benzene rings is 3. The summed E-state index contributed by atoms with van der Waals surface area (Å²) in [4.78, 5) is 33.8. The minimum Gasteiger partial charge on any atom is -0.360 e. The molecule has 3 aromatic carbocycles. The standard InChI is InChI=1S/C28H21BrN4O2/c1-33-15-22(17-7-3-2-4-8-17)27(16-30,25(34)20-14-31-23-10-6-5-9-19(20)23)28(33)21-13-18(29)11-12-24(21)32-26(28)35/h2-14,22,31H,15H2,1H3,(H,32,35)/t22?,27?,28-/m0/s1. The van der Waals surface area contributed by atoms with E-state index >= 15 is 0 Å². The molecule has 2 unspecified atom stereocenters. The van der Waals surface area contributed by atoms with Crippen LogP contribution in [0.2, 0.25) is 0 Å². The highest BCUT2D eigenvalue weighted by atomic mass is 79.9. The number of anilines is 1. The molecule has 0 saturated carbocycles. The van der Waals surface area contributed by atoms with Crippen LogP contribution in [0.1, 0.15) is 27.4 Å². The highest BCUT2D eigenvalue weighted by Gasteiger charge is 2.74. The number of carbonyl (C=O) groups excluding carboxylic acids is 2. The van der Waals surface area contributed by atoms with Crippen molar-refractivity contribution in [3.05, 3.63) is 100 Å². The number of fused-ring (bicyclic) bond motifs is 3. The Kier molecular flexibility index (Phi) is 4.75. The van der Waals surface area contributed by atoms with E-state index in [2.05, 4.69) is 32.3 Å². The largest absolute Gasteiger partial charge is 0.360 e. The highest BCUT2D eigenvalue weighted by Crippen LogP contribution is 2.63. The van der Waals surface area contributed by atoms with Crippen LogP contribution in [0.3, 0.4) is 0 Å². The molecule has 6 nitrogen and oxygen atoms in total. The van der Waals surface area contributed by atoms with Crippen LogP contribution in [0.5, 0.6) is 0 Å². The van der Waals surface area contributed by atoms with E-state index in [1.165, 1.54) is 0 Å². The zero-order chi connectivity index (χ0) is 24.4. The SMILES string of the molecule is CN1CC(c2ccccc2)C(C#N)(C(=O)c2c[nH]c3ccccc23)[C@]12C(=O)Nc1ccc(Br)cc12. The van der Waals surface area contributed by atoms with Crippen molar-refractivity contribution in [1.82, 2.24) is 9.88 Å². The summed E-state index contributed by atoms with van der Waals surface area (Å²) in [5.74, 6) is -1.25. The lowest BCUT2D eigenvalue weighted by atomic mass is 9.58. The summed E-state index contributed by atoms with van der Waals surface area (Å²) in [7, 11) is 1.83. The van der Waals surface area contributed by atoms with Crippen LogP contribution >= 0.6 is 15.9 Å². The number of hydrogen-bond acceptors (Lipinski definition) is 4. The maximum Gasteiger partial charge on any atom is 0.251 e. The maximum atomic E-state index is 14.7. The second kappa shape index (κ2) is 7.64. The van der Waals surface area contributed by atoms with Crippen molar-refractivity contribution in [3.63, 3.8) is 0 Å². The number of halogens is 1. The van der Waals surface area contributed by atoms with Gasteiger partial charge in [0.25, 0.3) is 5.91 Å². The van der Waals surface area contributed by atoms with Gasteiger partial charge in [0, 0.05) is 50.8 Å². The number of aromatic nitrogens is 1. The predicted molar refractivity (Wildman–Crippen MR) is 137 cm³/mol. The summed E-state index contributed by atoms with van der Waals surface area (Å²) < 4.78 is 0.773. The number of nitriles is 1. The van der Waals surface area contributed by atoms with Gasteiger partial charge in [-0.25, -0.2) is 0 Å². The summed E-state index contributed by atoms with van der Waals surface area (Å²) >= 11 is 3.53. The van der Waals surface area contributed by atoms with Gasteiger partial charge in [0.05, 0.1) is 6.07 Å². The third-order valence-corrected chi connectivity index (χ3v) is 8.13. The molecule has 1 fully saturated rings. The number of nitrogens with one attached hydrogen (secondary N) is 2. The van der Waals surface area contributed by atoms with Crippen molar-refractivity contribution in [2.75, 3.05) is 18.9 Å². The number of amides is 1. The minimum atomic E-state index is -1.72. The van der Waals surface area contributed by atoms with E-state index in [9.17, 15) is 14.9 Å². The number of nitrogens with zero attached hydrogens (tertiary/aromatic N) is 2. The molecule has 2 aliphatic rings. The number of para-hydroxylation sites is 1. The Morgan fingerprint density at radius 1 is 1.11 bits per heavy atom. The monoisotopic (exact) mass is 524 g/mol. The lowest BCUT2D eigenvalue weighted by molar-refractivity contribution is -0.128. The maximum absolute atomic E-state index is 14.7. The zero-order valence-corrected chi connectivity index (χ0v) is 20.5. The molecule has 2 aliphatic heterocycles. The molecule has 0 radical (unpaired) electrons. The van der Waals surface area contributed by atoms with Crippen molar-refractivity contribution in [3.8, 4) is 6.07 Å². The number of Topliss-reactive ketones (excluding diaryl/α,β-unsaturated/α-hetero) is 1. The fraction of sp³-hybridized carbons (Fsp3) is 0.179. The van der Waals surface area contributed by atoms with Crippen molar-refractivity contribution >= 4 is 44.2 Å². The number of ketones is 1. The Labute approximate surface area is 210 Å². The molecule has 1 saturated heterocycles. The Morgan fingerprint density at radius 3 is 2.63 bits per heavy atom. The molecule has 6 rings (SSSR count). The van der Waals surface area contributed by atoms with E-state index in [-0.39, 0.29) is 11.7 Å². The van der Waals surface area contributed by atoms with Crippen LogP contribution in [-0.2, 0) is 10.3 Å². The first kappa shape index (κ1) is 21.8. The lowest BCUT2D eigenvalue weighted by Gasteiger charge is -2.41. The van der Waals surface area contributed by atoms with Gasteiger partial charge in [-0.3, -0.25) is 14.5 Å². The molecular weight excluding hydrogens is 504 g/mol. The second-order valence-electron chi connectivity index (χ2n) is 9.20. The van der Waals surface area contributed by atoms with Crippen LogP contribution in [0, 0.1) is 16.7 Å². The summed E-state index contributed by atoms with van der Waals surface area (Å²) in [6.07, 6.45) is 1.66. The molecular formula is C28H21BrN4O2. The average molecular weight is 525 g/mol. The van der Waals surface area contributed by atoms with Gasteiger partial charge in [0.15, 0.2) is 16.7 Å². The Hall–Kier alpha value is -3.73. The third kappa shape index (κ3) is 2.67. The molecule has 0 aliphatic carbocycles. The van der Waals surface area contributed by atoms with Gasteiger partial charge in [0.2, 0.25) is 0 Å². The summed E-state index contributed by atoms with van der Waals surface area (Å²) in [6, 6.07) is 25.1. The smallest absolute Gasteiger partial charge is 0.251 e. The zero-order valence-electron chi connectivity index (χ0n) is 18.9. The Bertz CT molecular complexity index is 1560. The molecule has 3 heterocycles. The third-order valence-electron chi connectivity index (χ3n) is 7.64. The lowest BCUT2D eigenvalue weighted by Crippen LogP contribution is -2.58. The first-order valence-corrected chi connectivity index (χ1v) is 12.1. The van der Waals surface area contributed by atoms with Crippen LogP contribution in [-0.4, -0.2) is 35.2 Å². The van der Waals surface area contributed by atoms with Crippen molar-refractivity contribution in [2.45, 2.75) is 11.5 Å². The molecule has 3 atom stereocenters. The number of H-pyrrole nitrogens is 1. The molecule has 1 amide bonds. The van der Waals surface area contributed by atoms with Gasteiger partial charge in [-0.1, -0.05) is 64.5 Å². The molecule has 172 valence electrons.